The normalized spacial score (nSPS) is 10.7. The lowest BCUT2D eigenvalue weighted by Gasteiger charge is -2.00. The second-order valence-corrected chi connectivity index (χ2v) is 5.50. The Morgan fingerprint density at radius 2 is 2.20 bits per heavy atom. The molecule has 2 aromatic rings. The number of para-hydroxylation sites is 1. The zero-order valence-electron chi connectivity index (χ0n) is 9.95. The average Bonchev–Trinajstić information content (AvgIpc) is 2.84. The molecule has 20 heavy (non-hydrogen) atoms. The summed E-state index contributed by atoms with van der Waals surface area (Å²) in [7, 11) is 0. The van der Waals surface area contributed by atoms with E-state index in [1.54, 1.807) is 6.07 Å². The van der Waals surface area contributed by atoms with Gasteiger partial charge in [0.05, 0.1) is 11.1 Å². The van der Waals surface area contributed by atoms with E-state index in [9.17, 15) is 14.9 Å². The van der Waals surface area contributed by atoms with Gasteiger partial charge in [0, 0.05) is 20.8 Å². The molecular formula is C12H8BrN3O3S. The van der Waals surface area contributed by atoms with Crippen molar-refractivity contribution in [3.8, 4) is 0 Å². The molecule has 102 valence electrons. The summed E-state index contributed by atoms with van der Waals surface area (Å²) in [5, 5.41) is 16.5. The summed E-state index contributed by atoms with van der Waals surface area (Å²) in [5.74, 6) is -0.621. The maximum absolute atomic E-state index is 11.8. The molecule has 0 aliphatic heterocycles. The van der Waals surface area contributed by atoms with Gasteiger partial charge in [-0.1, -0.05) is 12.1 Å². The van der Waals surface area contributed by atoms with Crippen LogP contribution < -0.4 is 5.43 Å². The lowest BCUT2D eigenvalue weighted by molar-refractivity contribution is -0.385. The largest absolute Gasteiger partial charge is 0.282 e. The first-order chi connectivity index (χ1) is 9.58. The van der Waals surface area contributed by atoms with Gasteiger partial charge in [0.2, 0.25) is 0 Å². The number of benzene rings is 1. The minimum absolute atomic E-state index is 0.0259. The van der Waals surface area contributed by atoms with Crippen LogP contribution in [0.15, 0.2) is 45.3 Å². The summed E-state index contributed by atoms with van der Waals surface area (Å²) >= 11 is 4.75. The predicted molar refractivity (Wildman–Crippen MR) is 80.2 cm³/mol. The molecule has 2 rings (SSSR count). The first-order valence-electron chi connectivity index (χ1n) is 5.39. The van der Waals surface area contributed by atoms with Crippen molar-refractivity contribution < 1.29 is 9.72 Å². The number of nitro benzene ring substituents is 1. The van der Waals surface area contributed by atoms with E-state index in [0.29, 0.717) is 0 Å². The molecule has 0 radical (unpaired) electrons. The maximum atomic E-state index is 11.8. The number of thiophene rings is 1. The fourth-order valence-electron chi connectivity index (χ4n) is 1.44. The fraction of sp³-hybridized carbons (Fsp3) is 0. The summed E-state index contributed by atoms with van der Waals surface area (Å²) < 4.78 is 0.925. The second-order valence-electron chi connectivity index (χ2n) is 3.64. The first kappa shape index (κ1) is 14.4. The standard InChI is InChI=1S/C12H8BrN3O3S/c13-8-5-9(20-7-8)6-14-15-12(17)10-3-1-2-4-11(10)16(18)19/h1-7H,(H,15,17). The van der Waals surface area contributed by atoms with Crippen LogP contribution in [-0.4, -0.2) is 17.0 Å². The summed E-state index contributed by atoms with van der Waals surface area (Å²) in [6.07, 6.45) is 1.47. The van der Waals surface area contributed by atoms with Crippen LogP contribution in [0.1, 0.15) is 15.2 Å². The van der Waals surface area contributed by atoms with Crippen LogP contribution in [-0.2, 0) is 0 Å². The van der Waals surface area contributed by atoms with Crippen LogP contribution in [0.25, 0.3) is 0 Å². The van der Waals surface area contributed by atoms with Gasteiger partial charge >= 0.3 is 0 Å². The Morgan fingerprint density at radius 3 is 2.85 bits per heavy atom. The van der Waals surface area contributed by atoms with E-state index in [1.807, 2.05) is 11.4 Å². The summed E-state index contributed by atoms with van der Waals surface area (Å²) in [4.78, 5) is 22.9. The molecule has 0 saturated heterocycles. The lowest BCUT2D eigenvalue weighted by Crippen LogP contribution is -2.18. The van der Waals surface area contributed by atoms with E-state index in [1.165, 1.54) is 35.8 Å². The molecule has 6 nitrogen and oxygen atoms in total. The monoisotopic (exact) mass is 353 g/mol. The van der Waals surface area contributed by atoms with Crippen LogP contribution in [0.2, 0.25) is 0 Å². The highest BCUT2D eigenvalue weighted by molar-refractivity contribution is 9.10. The third-order valence-corrected chi connectivity index (χ3v) is 3.92. The van der Waals surface area contributed by atoms with Gasteiger partial charge in [0.1, 0.15) is 5.56 Å². The molecule has 1 amide bonds. The Bertz CT molecular complexity index is 684. The van der Waals surface area contributed by atoms with Crippen molar-refractivity contribution in [2.24, 2.45) is 5.10 Å². The molecule has 0 aliphatic rings. The van der Waals surface area contributed by atoms with Crippen molar-refractivity contribution in [2.45, 2.75) is 0 Å². The molecule has 1 aromatic carbocycles. The Kier molecular flexibility index (Phi) is 4.59. The highest BCUT2D eigenvalue weighted by Gasteiger charge is 2.18. The number of hydrogen-bond donors (Lipinski definition) is 1. The number of rotatable bonds is 4. The number of nitrogens with zero attached hydrogens (tertiary/aromatic N) is 2. The molecule has 8 heteroatoms. The zero-order chi connectivity index (χ0) is 14.5. The third-order valence-electron chi connectivity index (χ3n) is 2.29. The van der Waals surface area contributed by atoms with Crippen molar-refractivity contribution in [1.29, 1.82) is 0 Å². The number of amides is 1. The molecule has 1 N–H and O–H groups in total. The number of carbonyl (C=O) groups is 1. The zero-order valence-corrected chi connectivity index (χ0v) is 12.3. The number of halogens is 1. The highest BCUT2D eigenvalue weighted by atomic mass is 79.9. The van der Waals surface area contributed by atoms with E-state index in [4.69, 9.17) is 0 Å². The number of hydrogen-bond acceptors (Lipinski definition) is 5. The summed E-state index contributed by atoms with van der Waals surface area (Å²) in [5.41, 5.74) is 1.99. The molecular weight excluding hydrogens is 346 g/mol. The summed E-state index contributed by atoms with van der Waals surface area (Å²) in [6, 6.07) is 7.55. The Morgan fingerprint density at radius 1 is 1.45 bits per heavy atom. The van der Waals surface area contributed by atoms with Crippen LogP contribution in [0, 0.1) is 10.1 Å². The SMILES string of the molecule is O=C(NN=Cc1cc(Br)cs1)c1ccccc1[N+](=O)[O-]. The third kappa shape index (κ3) is 3.49. The van der Waals surface area contributed by atoms with Crippen molar-refractivity contribution in [3.05, 3.63) is 60.7 Å². The molecule has 0 saturated carbocycles. The Labute approximate surface area is 126 Å². The summed E-state index contributed by atoms with van der Waals surface area (Å²) in [6.45, 7) is 0. The molecule has 0 bridgehead atoms. The first-order valence-corrected chi connectivity index (χ1v) is 7.06. The van der Waals surface area contributed by atoms with E-state index in [2.05, 4.69) is 26.5 Å². The number of hydrazone groups is 1. The molecule has 0 atom stereocenters. The molecule has 1 heterocycles. The van der Waals surface area contributed by atoms with Gasteiger partial charge in [0.15, 0.2) is 0 Å². The number of nitrogens with one attached hydrogen (secondary N) is 1. The second kappa shape index (κ2) is 6.40. The Hall–Kier alpha value is -2.06. The Balaban J connectivity index is 2.09. The van der Waals surface area contributed by atoms with Crippen LogP contribution in [0.4, 0.5) is 5.69 Å². The smallest absolute Gasteiger partial charge is 0.267 e. The van der Waals surface area contributed by atoms with Gasteiger partial charge in [-0.25, -0.2) is 5.43 Å². The molecule has 0 fully saturated rings. The number of carbonyl (C=O) groups excluding carboxylic acids is 1. The molecule has 0 unspecified atom stereocenters. The van der Waals surface area contributed by atoms with Crippen LogP contribution >= 0.6 is 27.3 Å². The van der Waals surface area contributed by atoms with Gasteiger partial charge in [-0.2, -0.15) is 5.10 Å². The van der Waals surface area contributed by atoms with Gasteiger partial charge in [-0.05, 0) is 28.1 Å². The predicted octanol–water partition coefficient (Wildman–Crippen LogP) is 3.18. The van der Waals surface area contributed by atoms with E-state index < -0.39 is 10.8 Å². The van der Waals surface area contributed by atoms with E-state index in [-0.39, 0.29) is 11.3 Å². The van der Waals surface area contributed by atoms with Gasteiger partial charge in [0.25, 0.3) is 11.6 Å². The van der Waals surface area contributed by atoms with Gasteiger partial charge in [-0.3, -0.25) is 14.9 Å². The van der Waals surface area contributed by atoms with Gasteiger partial charge in [-0.15, -0.1) is 11.3 Å². The molecule has 0 spiro atoms. The maximum Gasteiger partial charge on any atom is 0.282 e. The van der Waals surface area contributed by atoms with Crippen molar-refractivity contribution in [3.63, 3.8) is 0 Å². The quantitative estimate of drug-likeness (QED) is 0.520. The van der Waals surface area contributed by atoms with Crippen LogP contribution in [0.5, 0.6) is 0 Å². The lowest BCUT2D eigenvalue weighted by atomic mass is 10.2. The minimum Gasteiger partial charge on any atom is -0.267 e. The fourth-order valence-corrected chi connectivity index (χ4v) is 2.74. The minimum atomic E-state index is -0.621. The van der Waals surface area contributed by atoms with E-state index in [0.717, 1.165) is 9.35 Å². The van der Waals surface area contributed by atoms with Crippen molar-refractivity contribution in [1.82, 2.24) is 5.43 Å². The van der Waals surface area contributed by atoms with Gasteiger partial charge < -0.3 is 0 Å². The number of nitro groups is 1. The van der Waals surface area contributed by atoms with Crippen molar-refractivity contribution >= 4 is 45.1 Å². The van der Waals surface area contributed by atoms with Crippen LogP contribution in [0.3, 0.4) is 0 Å². The van der Waals surface area contributed by atoms with Crippen molar-refractivity contribution in [2.75, 3.05) is 0 Å². The van der Waals surface area contributed by atoms with E-state index >= 15 is 0 Å². The molecule has 0 aliphatic carbocycles. The average molecular weight is 354 g/mol. The topological polar surface area (TPSA) is 84.6 Å². The molecule has 1 aromatic heterocycles. The highest BCUT2D eigenvalue weighted by Crippen LogP contribution is 2.18.